The molecule has 1 saturated heterocycles. The van der Waals surface area contributed by atoms with Gasteiger partial charge in [-0.1, -0.05) is 23.7 Å². The van der Waals surface area contributed by atoms with E-state index in [4.69, 9.17) is 16.3 Å². The van der Waals surface area contributed by atoms with Gasteiger partial charge >= 0.3 is 0 Å². The summed E-state index contributed by atoms with van der Waals surface area (Å²) in [6.45, 7) is 0.424. The lowest BCUT2D eigenvalue weighted by molar-refractivity contribution is -0.122. The summed E-state index contributed by atoms with van der Waals surface area (Å²) in [4.78, 5) is 0. The lowest BCUT2D eigenvalue weighted by Gasteiger charge is -2.22. The van der Waals surface area contributed by atoms with E-state index in [2.05, 4.69) is 0 Å². The average molecular weight is 233 g/mol. The Morgan fingerprint density at radius 3 is 2.47 bits per heavy atom. The van der Waals surface area contributed by atoms with Crippen LogP contribution in [0.25, 0.3) is 0 Å². The van der Waals surface area contributed by atoms with Gasteiger partial charge in [0.05, 0.1) is 0 Å². The summed E-state index contributed by atoms with van der Waals surface area (Å²) >= 11 is 5.65. The zero-order valence-corrected chi connectivity index (χ0v) is 8.81. The molecular weight excluding hydrogens is 222 g/mol. The molecule has 0 N–H and O–H groups in total. The van der Waals surface area contributed by atoms with E-state index in [9.17, 15) is 8.78 Å². The van der Waals surface area contributed by atoms with Crippen LogP contribution in [0.2, 0.25) is 5.02 Å². The normalized spacial score (nSPS) is 21.9. The summed E-state index contributed by atoms with van der Waals surface area (Å²) in [7, 11) is 0. The maximum absolute atomic E-state index is 13.8. The Bertz CT molecular complexity index is 331. The van der Waals surface area contributed by atoms with E-state index in [0.717, 1.165) is 0 Å². The van der Waals surface area contributed by atoms with E-state index in [1.165, 1.54) is 24.3 Å². The fourth-order valence-electron chi connectivity index (χ4n) is 1.72. The second-order valence-corrected chi connectivity index (χ2v) is 4.07. The van der Waals surface area contributed by atoms with Gasteiger partial charge in [0.2, 0.25) is 0 Å². The molecule has 4 heteroatoms. The molecule has 0 amide bonds. The molecule has 0 aliphatic carbocycles. The number of benzene rings is 1. The van der Waals surface area contributed by atoms with Crippen LogP contribution in [0.3, 0.4) is 0 Å². The first kappa shape index (κ1) is 10.8. The second kappa shape index (κ2) is 4.06. The van der Waals surface area contributed by atoms with E-state index in [1.807, 2.05) is 0 Å². The van der Waals surface area contributed by atoms with Gasteiger partial charge in [-0.3, -0.25) is 0 Å². The molecule has 0 saturated carbocycles. The van der Waals surface area contributed by atoms with Crippen molar-refractivity contribution in [2.45, 2.75) is 24.9 Å². The Kier molecular flexibility index (Phi) is 2.94. The van der Waals surface area contributed by atoms with Crippen molar-refractivity contribution in [2.75, 3.05) is 6.61 Å². The largest absolute Gasteiger partial charge is 0.372 e. The molecule has 1 unspecified atom stereocenters. The Balaban J connectivity index is 2.23. The summed E-state index contributed by atoms with van der Waals surface area (Å²) in [6, 6.07) is 5.65. The second-order valence-electron chi connectivity index (χ2n) is 3.63. The highest BCUT2D eigenvalue weighted by Crippen LogP contribution is 2.38. The minimum atomic E-state index is -2.92. The lowest BCUT2D eigenvalue weighted by Crippen LogP contribution is -2.30. The molecule has 1 aliphatic rings. The SMILES string of the molecule is FC(F)(c1ccc(Cl)cc1)C1CCCO1. The third kappa shape index (κ3) is 2.13. The van der Waals surface area contributed by atoms with Gasteiger partial charge in [0.25, 0.3) is 5.92 Å². The summed E-state index contributed by atoms with van der Waals surface area (Å²) in [5.41, 5.74) is -0.0289. The van der Waals surface area contributed by atoms with Crippen LogP contribution in [0.5, 0.6) is 0 Å². The molecule has 1 nitrogen and oxygen atoms in total. The monoisotopic (exact) mass is 232 g/mol. The van der Waals surface area contributed by atoms with Crippen LogP contribution in [-0.2, 0) is 10.7 Å². The van der Waals surface area contributed by atoms with E-state index in [0.29, 0.717) is 24.5 Å². The van der Waals surface area contributed by atoms with Gasteiger partial charge in [0.1, 0.15) is 6.10 Å². The van der Waals surface area contributed by atoms with Crippen LogP contribution in [0.4, 0.5) is 8.78 Å². The van der Waals surface area contributed by atoms with Crippen molar-refractivity contribution in [1.82, 2.24) is 0 Å². The fourth-order valence-corrected chi connectivity index (χ4v) is 1.85. The number of halogens is 3. The molecule has 1 aromatic carbocycles. The topological polar surface area (TPSA) is 9.23 Å². The first-order valence-electron chi connectivity index (χ1n) is 4.86. The van der Waals surface area contributed by atoms with Gasteiger partial charge in [0, 0.05) is 17.2 Å². The van der Waals surface area contributed by atoms with Crippen molar-refractivity contribution in [3.05, 3.63) is 34.9 Å². The average Bonchev–Trinajstić information content (AvgIpc) is 2.71. The highest BCUT2D eigenvalue weighted by Gasteiger charge is 2.43. The number of alkyl halides is 2. The van der Waals surface area contributed by atoms with Crippen LogP contribution in [0.15, 0.2) is 24.3 Å². The van der Waals surface area contributed by atoms with Crippen LogP contribution >= 0.6 is 11.6 Å². The Morgan fingerprint density at radius 1 is 1.27 bits per heavy atom. The third-order valence-corrected chi connectivity index (χ3v) is 2.82. The zero-order valence-electron chi connectivity index (χ0n) is 8.05. The molecule has 82 valence electrons. The van der Waals surface area contributed by atoms with Crippen LogP contribution in [0, 0.1) is 0 Å². The van der Waals surface area contributed by atoms with Gasteiger partial charge in [-0.15, -0.1) is 0 Å². The summed E-state index contributed by atoms with van der Waals surface area (Å²) < 4.78 is 32.7. The Morgan fingerprint density at radius 2 is 1.93 bits per heavy atom. The number of hydrogen-bond acceptors (Lipinski definition) is 1. The Labute approximate surface area is 92.0 Å². The molecule has 0 aromatic heterocycles. The third-order valence-electron chi connectivity index (χ3n) is 2.56. The molecule has 0 bridgehead atoms. The van der Waals surface area contributed by atoms with Crippen LogP contribution in [0.1, 0.15) is 18.4 Å². The predicted octanol–water partition coefficient (Wildman–Crippen LogP) is 3.61. The van der Waals surface area contributed by atoms with Crippen molar-refractivity contribution in [3.63, 3.8) is 0 Å². The van der Waals surface area contributed by atoms with Gasteiger partial charge in [0.15, 0.2) is 0 Å². The fraction of sp³-hybridized carbons (Fsp3) is 0.455. The number of rotatable bonds is 2. The molecular formula is C11H11ClF2O. The van der Waals surface area contributed by atoms with E-state index in [-0.39, 0.29) is 5.56 Å². The van der Waals surface area contributed by atoms with Gasteiger partial charge in [-0.25, -0.2) is 0 Å². The minimum absolute atomic E-state index is 0.0289. The summed E-state index contributed by atoms with van der Waals surface area (Å²) in [6.07, 6.45) is 0.127. The molecule has 2 rings (SSSR count). The smallest absolute Gasteiger partial charge is 0.298 e. The first-order chi connectivity index (χ1) is 7.10. The quantitative estimate of drug-likeness (QED) is 0.757. The first-order valence-corrected chi connectivity index (χ1v) is 5.24. The number of hydrogen-bond donors (Lipinski definition) is 0. The molecule has 1 heterocycles. The summed E-state index contributed by atoms with van der Waals surface area (Å²) in [5.74, 6) is -2.92. The standard InChI is InChI=1S/C11H11ClF2O/c12-9-5-3-8(4-6-9)11(13,14)10-2-1-7-15-10/h3-6,10H,1-2,7H2. The molecule has 1 aromatic rings. The van der Waals surface area contributed by atoms with Crippen molar-refractivity contribution in [1.29, 1.82) is 0 Å². The van der Waals surface area contributed by atoms with Crippen LogP contribution in [-0.4, -0.2) is 12.7 Å². The van der Waals surface area contributed by atoms with Crippen molar-refractivity contribution < 1.29 is 13.5 Å². The van der Waals surface area contributed by atoms with Gasteiger partial charge < -0.3 is 4.74 Å². The summed E-state index contributed by atoms with van der Waals surface area (Å²) in [5, 5.41) is 0.460. The molecule has 0 radical (unpaired) electrons. The maximum atomic E-state index is 13.8. The lowest BCUT2D eigenvalue weighted by atomic mass is 10.0. The highest BCUT2D eigenvalue weighted by atomic mass is 35.5. The van der Waals surface area contributed by atoms with Crippen molar-refractivity contribution in [2.24, 2.45) is 0 Å². The van der Waals surface area contributed by atoms with Crippen molar-refractivity contribution in [3.8, 4) is 0 Å². The molecule has 15 heavy (non-hydrogen) atoms. The van der Waals surface area contributed by atoms with Gasteiger partial charge in [-0.05, 0) is 25.0 Å². The number of ether oxygens (including phenoxy) is 1. The Hall–Kier alpha value is -0.670. The molecule has 0 spiro atoms. The van der Waals surface area contributed by atoms with Gasteiger partial charge in [-0.2, -0.15) is 8.78 Å². The minimum Gasteiger partial charge on any atom is -0.372 e. The maximum Gasteiger partial charge on any atom is 0.298 e. The highest BCUT2D eigenvalue weighted by molar-refractivity contribution is 6.30. The molecule has 1 atom stereocenters. The zero-order chi connectivity index (χ0) is 10.9. The predicted molar refractivity (Wildman–Crippen MR) is 54.3 cm³/mol. The molecule has 1 fully saturated rings. The van der Waals surface area contributed by atoms with E-state index >= 15 is 0 Å². The van der Waals surface area contributed by atoms with E-state index in [1.54, 1.807) is 0 Å². The van der Waals surface area contributed by atoms with Crippen molar-refractivity contribution >= 4 is 11.6 Å². The molecule has 1 aliphatic heterocycles. The van der Waals surface area contributed by atoms with Crippen LogP contribution < -0.4 is 0 Å². The van der Waals surface area contributed by atoms with E-state index < -0.39 is 12.0 Å².